The molecule has 2 N–H and O–H groups in total. The summed E-state index contributed by atoms with van der Waals surface area (Å²) in [6.07, 6.45) is -6.24. The van der Waals surface area contributed by atoms with Gasteiger partial charge in [0.1, 0.15) is 5.75 Å². The average molecular weight is 274 g/mol. The fourth-order valence-corrected chi connectivity index (χ4v) is 1.39. The topological polar surface area (TPSA) is 82.4 Å². The van der Waals surface area contributed by atoms with Crippen LogP contribution in [-0.2, 0) is 0 Å². The molecule has 19 heavy (non-hydrogen) atoms. The van der Waals surface area contributed by atoms with Gasteiger partial charge < -0.3 is 15.2 Å². The molecule has 1 atom stereocenters. The molecule has 0 aromatic heterocycles. The van der Waals surface area contributed by atoms with Crippen molar-refractivity contribution in [1.82, 2.24) is 5.32 Å². The molecule has 0 radical (unpaired) electrons. The average Bonchev–Trinajstić information content (AvgIpc) is 2.27. The van der Waals surface area contributed by atoms with Crippen molar-refractivity contribution in [2.45, 2.75) is 18.8 Å². The number of nitriles is 1. The number of ether oxygens (including phenoxy) is 1. The molecule has 8 heteroatoms. The summed E-state index contributed by atoms with van der Waals surface area (Å²) in [4.78, 5) is 10.5. The highest BCUT2D eigenvalue weighted by Gasteiger charge is 2.31. The molecular formula is C11H9F3N2O3. The second-order valence-corrected chi connectivity index (χ2v) is 3.48. The minimum atomic E-state index is -4.78. The molecule has 1 rings (SSSR count). The van der Waals surface area contributed by atoms with Crippen LogP contribution in [0, 0.1) is 11.3 Å². The van der Waals surface area contributed by atoms with E-state index in [2.05, 4.69) is 10.1 Å². The van der Waals surface area contributed by atoms with E-state index in [1.165, 1.54) is 12.1 Å². The van der Waals surface area contributed by atoms with Gasteiger partial charge in [-0.05, 0) is 17.7 Å². The SMILES string of the molecule is N#CCC(NC(=O)O)c1ccc(OC(F)(F)F)cc1. The first-order chi connectivity index (χ1) is 8.81. The van der Waals surface area contributed by atoms with Crippen LogP contribution >= 0.6 is 0 Å². The highest BCUT2D eigenvalue weighted by atomic mass is 19.4. The van der Waals surface area contributed by atoms with Crippen molar-refractivity contribution in [3.63, 3.8) is 0 Å². The summed E-state index contributed by atoms with van der Waals surface area (Å²) in [6.45, 7) is 0. The van der Waals surface area contributed by atoms with Crippen LogP contribution in [0.25, 0.3) is 0 Å². The van der Waals surface area contributed by atoms with E-state index >= 15 is 0 Å². The number of hydrogen-bond donors (Lipinski definition) is 2. The Morgan fingerprint density at radius 3 is 2.42 bits per heavy atom. The molecule has 0 bridgehead atoms. The lowest BCUT2D eigenvalue weighted by Crippen LogP contribution is -2.26. The molecule has 102 valence electrons. The van der Waals surface area contributed by atoms with Crippen molar-refractivity contribution in [1.29, 1.82) is 5.26 Å². The fourth-order valence-electron chi connectivity index (χ4n) is 1.39. The predicted octanol–water partition coefficient (Wildman–Crippen LogP) is 2.81. The van der Waals surface area contributed by atoms with E-state index in [1.807, 2.05) is 0 Å². The summed E-state index contributed by atoms with van der Waals surface area (Å²) in [5.74, 6) is -0.415. The molecule has 0 fully saturated rings. The summed E-state index contributed by atoms with van der Waals surface area (Å²) >= 11 is 0. The highest BCUT2D eigenvalue weighted by Crippen LogP contribution is 2.25. The molecule has 0 spiro atoms. The van der Waals surface area contributed by atoms with Crippen molar-refractivity contribution in [2.75, 3.05) is 0 Å². The van der Waals surface area contributed by atoms with Gasteiger partial charge in [-0.25, -0.2) is 4.79 Å². The zero-order valence-electron chi connectivity index (χ0n) is 9.44. The number of nitrogens with zero attached hydrogens (tertiary/aromatic N) is 1. The van der Waals surface area contributed by atoms with Gasteiger partial charge in [-0.15, -0.1) is 13.2 Å². The number of carboxylic acid groups (broad SMARTS) is 1. The predicted molar refractivity (Wildman–Crippen MR) is 57.3 cm³/mol. The van der Waals surface area contributed by atoms with E-state index < -0.39 is 24.2 Å². The van der Waals surface area contributed by atoms with Gasteiger partial charge in [0.25, 0.3) is 0 Å². The number of alkyl halides is 3. The van der Waals surface area contributed by atoms with Gasteiger partial charge in [0, 0.05) is 0 Å². The van der Waals surface area contributed by atoms with E-state index in [0.29, 0.717) is 5.56 Å². The minimum absolute atomic E-state index is 0.133. The molecule has 1 aromatic carbocycles. The molecule has 1 amide bonds. The highest BCUT2D eigenvalue weighted by molar-refractivity contribution is 5.65. The number of amides is 1. The number of carbonyl (C=O) groups is 1. The van der Waals surface area contributed by atoms with Gasteiger partial charge in [0.05, 0.1) is 18.5 Å². The van der Waals surface area contributed by atoms with E-state index in [0.717, 1.165) is 12.1 Å². The molecule has 0 aliphatic heterocycles. The number of nitrogens with one attached hydrogen (secondary N) is 1. The number of hydrogen-bond acceptors (Lipinski definition) is 3. The quantitative estimate of drug-likeness (QED) is 0.884. The lowest BCUT2D eigenvalue weighted by atomic mass is 10.0. The van der Waals surface area contributed by atoms with Gasteiger partial charge in [-0.1, -0.05) is 12.1 Å². The Kier molecular flexibility index (Phi) is 4.58. The third-order valence-corrected chi connectivity index (χ3v) is 2.11. The minimum Gasteiger partial charge on any atom is -0.465 e. The van der Waals surface area contributed by atoms with E-state index in [4.69, 9.17) is 10.4 Å². The molecule has 0 aliphatic carbocycles. The first-order valence-electron chi connectivity index (χ1n) is 5.04. The zero-order valence-corrected chi connectivity index (χ0v) is 9.44. The summed E-state index contributed by atoms with van der Waals surface area (Å²) in [6, 6.07) is 5.61. The van der Waals surface area contributed by atoms with Crippen LogP contribution in [0.15, 0.2) is 24.3 Å². The maximum absolute atomic E-state index is 11.9. The lowest BCUT2D eigenvalue weighted by Gasteiger charge is -2.15. The lowest BCUT2D eigenvalue weighted by molar-refractivity contribution is -0.274. The maximum Gasteiger partial charge on any atom is 0.573 e. The monoisotopic (exact) mass is 274 g/mol. The van der Waals surface area contributed by atoms with Crippen LogP contribution in [0.3, 0.4) is 0 Å². The number of benzene rings is 1. The Balaban J connectivity index is 2.83. The van der Waals surface area contributed by atoms with Crippen molar-refractivity contribution in [2.24, 2.45) is 0 Å². The second-order valence-electron chi connectivity index (χ2n) is 3.48. The van der Waals surface area contributed by atoms with Crippen LogP contribution in [0.5, 0.6) is 5.75 Å². The molecule has 0 aliphatic rings. The summed E-state index contributed by atoms with van der Waals surface area (Å²) < 4.78 is 39.5. The molecule has 1 aromatic rings. The summed E-state index contributed by atoms with van der Waals surface area (Å²) in [5, 5.41) is 19.2. The Labute approximate surface area is 106 Å². The second kappa shape index (κ2) is 5.95. The number of rotatable bonds is 4. The smallest absolute Gasteiger partial charge is 0.465 e. The molecule has 5 nitrogen and oxygen atoms in total. The van der Waals surface area contributed by atoms with Gasteiger partial charge in [-0.3, -0.25) is 0 Å². The van der Waals surface area contributed by atoms with Crippen molar-refractivity contribution >= 4 is 6.09 Å². The Morgan fingerprint density at radius 1 is 1.42 bits per heavy atom. The third kappa shape index (κ3) is 5.16. The van der Waals surface area contributed by atoms with Crippen molar-refractivity contribution < 1.29 is 27.8 Å². The zero-order chi connectivity index (χ0) is 14.5. The van der Waals surface area contributed by atoms with Crippen LogP contribution in [0.1, 0.15) is 18.0 Å². The van der Waals surface area contributed by atoms with Gasteiger partial charge in [0.15, 0.2) is 0 Å². The molecule has 0 saturated carbocycles. The summed E-state index contributed by atoms with van der Waals surface area (Å²) in [5.41, 5.74) is 0.374. The fraction of sp³-hybridized carbons (Fsp3) is 0.273. The van der Waals surface area contributed by atoms with Gasteiger partial charge in [0.2, 0.25) is 0 Å². The molecular weight excluding hydrogens is 265 g/mol. The van der Waals surface area contributed by atoms with Crippen molar-refractivity contribution in [3.8, 4) is 11.8 Å². The van der Waals surface area contributed by atoms with E-state index in [1.54, 1.807) is 6.07 Å². The van der Waals surface area contributed by atoms with Crippen LogP contribution in [-0.4, -0.2) is 17.6 Å². The molecule has 1 unspecified atom stereocenters. The van der Waals surface area contributed by atoms with Gasteiger partial charge >= 0.3 is 12.5 Å². The van der Waals surface area contributed by atoms with Crippen LogP contribution in [0.4, 0.5) is 18.0 Å². The first kappa shape index (κ1) is 14.6. The standard InChI is InChI=1S/C11H9F3N2O3/c12-11(13,14)19-8-3-1-7(2-4-8)9(5-6-15)16-10(17)18/h1-4,9,16H,5H2,(H,17,18). The van der Waals surface area contributed by atoms with Crippen molar-refractivity contribution in [3.05, 3.63) is 29.8 Å². The Bertz CT molecular complexity index is 479. The Hall–Kier alpha value is -2.43. The van der Waals surface area contributed by atoms with E-state index in [9.17, 15) is 18.0 Å². The van der Waals surface area contributed by atoms with Gasteiger partial charge in [-0.2, -0.15) is 5.26 Å². The van der Waals surface area contributed by atoms with E-state index in [-0.39, 0.29) is 6.42 Å². The maximum atomic E-state index is 11.9. The normalized spacial score (nSPS) is 12.3. The van der Waals surface area contributed by atoms with Crippen LogP contribution in [0.2, 0.25) is 0 Å². The molecule has 0 heterocycles. The summed E-state index contributed by atoms with van der Waals surface area (Å²) in [7, 11) is 0. The largest absolute Gasteiger partial charge is 0.573 e. The van der Waals surface area contributed by atoms with Crippen LogP contribution < -0.4 is 10.1 Å². The third-order valence-electron chi connectivity index (χ3n) is 2.11. The Morgan fingerprint density at radius 2 is 2.00 bits per heavy atom. The number of halogens is 3. The first-order valence-corrected chi connectivity index (χ1v) is 5.04. The molecule has 0 saturated heterocycles.